The van der Waals surface area contributed by atoms with Gasteiger partial charge < -0.3 is 16.2 Å². The number of rotatable bonds is 6. The average molecular weight is 214 g/mol. The van der Waals surface area contributed by atoms with E-state index < -0.39 is 0 Å². The zero-order chi connectivity index (χ0) is 11.1. The van der Waals surface area contributed by atoms with Crippen molar-refractivity contribution in [1.82, 2.24) is 5.32 Å². The first-order chi connectivity index (χ1) is 7.29. The van der Waals surface area contributed by atoms with E-state index in [1.165, 1.54) is 32.1 Å². The van der Waals surface area contributed by atoms with Crippen LogP contribution in [0.5, 0.6) is 0 Å². The summed E-state index contributed by atoms with van der Waals surface area (Å²) >= 11 is 0. The van der Waals surface area contributed by atoms with Crippen LogP contribution in [0, 0.1) is 5.92 Å². The third-order valence-electron chi connectivity index (χ3n) is 3.88. The summed E-state index contributed by atoms with van der Waals surface area (Å²) in [5, 5.41) is 12.4. The van der Waals surface area contributed by atoms with Crippen molar-refractivity contribution in [1.29, 1.82) is 0 Å². The summed E-state index contributed by atoms with van der Waals surface area (Å²) in [5.74, 6) is 0.718. The maximum Gasteiger partial charge on any atom is 0.0443 e. The molecule has 0 bridgehead atoms. The molecule has 3 heteroatoms. The highest BCUT2D eigenvalue weighted by molar-refractivity contribution is 4.97. The van der Waals surface area contributed by atoms with Gasteiger partial charge in [-0.3, -0.25) is 0 Å². The zero-order valence-electron chi connectivity index (χ0n) is 9.97. The first kappa shape index (κ1) is 12.9. The molecule has 0 radical (unpaired) electrons. The Morgan fingerprint density at radius 2 is 2.27 bits per heavy atom. The Labute approximate surface area is 93.4 Å². The molecule has 0 amide bonds. The van der Waals surface area contributed by atoms with Crippen molar-refractivity contribution in [2.45, 2.75) is 51.0 Å². The minimum Gasteiger partial charge on any atom is -0.396 e. The van der Waals surface area contributed by atoms with Crippen LogP contribution in [0.4, 0.5) is 0 Å². The lowest BCUT2D eigenvalue weighted by Crippen LogP contribution is -2.58. The number of aliphatic hydroxyl groups is 1. The second-order valence-corrected chi connectivity index (χ2v) is 4.72. The summed E-state index contributed by atoms with van der Waals surface area (Å²) in [6.45, 7) is 4.15. The van der Waals surface area contributed by atoms with Gasteiger partial charge in [-0.15, -0.1) is 0 Å². The van der Waals surface area contributed by atoms with Gasteiger partial charge >= 0.3 is 0 Å². The van der Waals surface area contributed by atoms with Gasteiger partial charge in [0.25, 0.3) is 0 Å². The maximum absolute atomic E-state index is 8.80. The van der Waals surface area contributed by atoms with Gasteiger partial charge in [-0.2, -0.15) is 0 Å². The van der Waals surface area contributed by atoms with E-state index in [-0.39, 0.29) is 12.1 Å². The van der Waals surface area contributed by atoms with Crippen LogP contribution in [-0.2, 0) is 0 Å². The van der Waals surface area contributed by atoms with Crippen LogP contribution in [0.3, 0.4) is 0 Å². The van der Waals surface area contributed by atoms with E-state index in [0.29, 0.717) is 0 Å². The molecule has 3 nitrogen and oxygen atoms in total. The second-order valence-electron chi connectivity index (χ2n) is 4.72. The highest BCUT2D eigenvalue weighted by Gasteiger charge is 2.37. The van der Waals surface area contributed by atoms with Gasteiger partial charge in [-0.1, -0.05) is 26.2 Å². The van der Waals surface area contributed by atoms with Crippen LogP contribution in [0.1, 0.15) is 45.4 Å². The van der Waals surface area contributed by atoms with Crippen molar-refractivity contribution in [3.8, 4) is 0 Å². The van der Waals surface area contributed by atoms with Crippen molar-refractivity contribution in [3.63, 3.8) is 0 Å². The molecule has 1 aliphatic carbocycles. The molecule has 0 aromatic heterocycles. The molecule has 0 spiro atoms. The molecule has 0 aromatic carbocycles. The van der Waals surface area contributed by atoms with Crippen molar-refractivity contribution in [3.05, 3.63) is 0 Å². The van der Waals surface area contributed by atoms with Gasteiger partial charge in [-0.25, -0.2) is 0 Å². The van der Waals surface area contributed by atoms with E-state index in [0.717, 1.165) is 25.4 Å². The molecule has 1 aliphatic rings. The van der Waals surface area contributed by atoms with Crippen LogP contribution in [0.25, 0.3) is 0 Å². The molecule has 0 saturated heterocycles. The topological polar surface area (TPSA) is 58.3 Å². The van der Waals surface area contributed by atoms with Gasteiger partial charge in [-0.05, 0) is 31.7 Å². The molecule has 4 N–H and O–H groups in total. The number of nitrogens with one attached hydrogen (secondary N) is 1. The van der Waals surface area contributed by atoms with Crippen LogP contribution in [0.15, 0.2) is 0 Å². The Bertz CT molecular complexity index is 175. The Morgan fingerprint density at radius 3 is 2.87 bits per heavy atom. The van der Waals surface area contributed by atoms with Crippen LogP contribution >= 0.6 is 0 Å². The summed E-state index contributed by atoms with van der Waals surface area (Å²) in [6.07, 6.45) is 7.19. The largest absolute Gasteiger partial charge is 0.396 e. The Balaban J connectivity index is 2.53. The normalized spacial score (nSPS) is 31.8. The van der Waals surface area contributed by atoms with Crippen molar-refractivity contribution in [2.75, 3.05) is 19.7 Å². The molecule has 2 unspecified atom stereocenters. The fourth-order valence-corrected chi connectivity index (χ4v) is 2.90. The number of hydrogen-bond donors (Lipinski definition) is 3. The molecule has 0 aliphatic heterocycles. The number of aliphatic hydroxyl groups excluding tert-OH is 1. The zero-order valence-corrected chi connectivity index (χ0v) is 9.97. The standard InChI is InChI=1S/C12H26N2O/c1-2-11-6-3-4-7-12(11,10-13)14-8-5-9-15/h11,14-15H,2-10,13H2,1H3. The summed E-state index contributed by atoms with van der Waals surface area (Å²) in [6, 6.07) is 0. The molecule has 1 fully saturated rings. The predicted octanol–water partition coefficient (Wildman–Crippen LogP) is 1.26. The first-order valence-corrected chi connectivity index (χ1v) is 6.35. The molecule has 15 heavy (non-hydrogen) atoms. The third-order valence-corrected chi connectivity index (χ3v) is 3.88. The second kappa shape index (κ2) is 6.46. The monoisotopic (exact) mass is 214 g/mol. The lowest BCUT2D eigenvalue weighted by atomic mass is 9.71. The van der Waals surface area contributed by atoms with Gasteiger partial charge in [0.1, 0.15) is 0 Å². The molecular weight excluding hydrogens is 188 g/mol. The highest BCUT2D eigenvalue weighted by Crippen LogP contribution is 2.35. The quantitative estimate of drug-likeness (QED) is 0.583. The van der Waals surface area contributed by atoms with Crippen LogP contribution < -0.4 is 11.1 Å². The first-order valence-electron chi connectivity index (χ1n) is 6.35. The highest BCUT2D eigenvalue weighted by atomic mass is 16.3. The number of hydrogen-bond acceptors (Lipinski definition) is 3. The minimum atomic E-state index is 0.155. The lowest BCUT2D eigenvalue weighted by molar-refractivity contribution is 0.140. The van der Waals surface area contributed by atoms with Crippen molar-refractivity contribution in [2.24, 2.45) is 11.7 Å². The summed E-state index contributed by atoms with van der Waals surface area (Å²) in [5.41, 5.74) is 6.12. The fraction of sp³-hybridized carbons (Fsp3) is 1.00. The SMILES string of the molecule is CCC1CCCCC1(CN)NCCCO. The lowest BCUT2D eigenvalue weighted by Gasteiger charge is -2.44. The van der Waals surface area contributed by atoms with E-state index in [1.54, 1.807) is 0 Å². The molecular formula is C12H26N2O. The van der Waals surface area contributed by atoms with Crippen molar-refractivity contribution >= 4 is 0 Å². The van der Waals surface area contributed by atoms with E-state index in [1.807, 2.05) is 0 Å². The van der Waals surface area contributed by atoms with Gasteiger partial charge in [0.15, 0.2) is 0 Å². The van der Waals surface area contributed by atoms with Gasteiger partial charge in [0.2, 0.25) is 0 Å². The van der Waals surface area contributed by atoms with E-state index in [4.69, 9.17) is 10.8 Å². The maximum atomic E-state index is 8.80. The van der Waals surface area contributed by atoms with Crippen LogP contribution in [0.2, 0.25) is 0 Å². The smallest absolute Gasteiger partial charge is 0.0443 e. The fourth-order valence-electron chi connectivity index (χ4n) is 2.90. The van der Waals surface area contributed by atoms with Gasteiger partial charge in [0.05, 0.1) is 0 Å². The van der Waals surface area contributed by atoms with Gasteiger partial charge in [0, 0.05) is 18.7 Å². The Morgan fingerprint density at radius 1 is 1.47 bits per heavy atom. The Hall–Kier alpha value is -0.120. The summed E-state index contributed by atoms with van der Waals surface area (Å²) < 4.78 is 0. The van der Waals surface area contributed by atoms with E-state index in [2.05, 4.69) is 12.2 Å². The Kier molecular flexibility index (Phi) is 5.58. The third kappa shape index (κ3) is 3.16. The van der Waals surface area contributed by atoms with E-state index in [9.17, 15) is 0 Å². The molecule has 2 atom stereocenters. The minimum absolute atomic E-state index is 0.155. The van der Waals surface area contributed by atoms with E-state index >= 15 is 0 Å². The average Bonchev–Trinajstić information content (AvgIpc) is 2.30. The van der Waals surface area contributed by atoms with Crippen LogP contribution in [-0.4, -0.2) is 30.3 Å². The molecule has 1 saturated carbocycles. The molecule has 0 aromatic rings. The van der Waals surface area contributed by atoms with Crippen molar-refractivity contribution < 1.29 is 5.11 Å². The molecule has 0 heterocycles. The molecule has 90 valence electrons. The predicted molar refractivity (Wildman–Crippen MR) is 63.7 cm³/mol. The summed E-state index contributed by atoms with van der Waals surface area (Å²) in [4.78, 5) is 0. The number of nitrogens with two attached hydrogens (primary N) is 1. The molecule has 1 rings (SSSR count). The summed E-state index contributed by atoms with van der Waals surface area (Å²) in [7, 11) is 0.